The van der Waals surface area contributed by atoms with Gasteiger partial charge in [-0.05, 0) is 58.9 Å². The van der Waals surface area contributed by atoms with Gasteiger partial charge in [-0.15, -0.1) is 0 Å². The zero-order chi connectivity index (χ0) is 13.1. The average molecular weight is 346 g/mol. The summed E-state index contributed by atoms with van der Waals surface area (Å²) in [6.07, 6.45) is 1.76. The number of nitrogens with zero attached hydrogens (tertiary/aromatic N) is 1. The normalized spacial score (nSPS) is 12.4. The smallest absolute Gasteiger partial charge is 0.0763 e. The molecule has 0 fully saturated rings. The standard InChI is InChI=1S/C13H11BrCl2N2/c1-17-13(12-5-2-8(14)7-18-12)10-6-9(15)3-4-11(10)16/h2-7,13,17H,1H3. The number of benzene rings is 1. The zero-order valence-corrected chi connectivity index (χ0v) is 12.7. The van der Waals surface area contributed by atoms with Crippen LogP contribution in [0, 0.1) is 0 Å². The van der Waals surface area contributed by atoms with Crippen LogP contribution in [0.25, 0.3) is 0 Å². The van der Waals surface area contributed by atoms with E-state index in [1.165, 1.54) is 0 Å². The quantitative estimate of drug-likeness (QED) is 0.888. The summed E-state index contributed by atoms with van der Waals surface area (Å²) in [7, 11) is 1.87. The highest BCUT2D eigenvalue weighted by Gasteiger charge is 2.16. The van der Waals surface area contributed by atoms with Gasteiger partial charge in [-0.1, -0.05) is 23.2 Å². The predicted molar refractivity (Wildman–Crippen MR) is 79.3 cm³/mol. The fourth-order valence-electron chi connectivity index (χ4n) is 1.76. The second kappa shape index (κ2) is 6.02. The van der Waals surface area contributed by atoms with Crippen molar-refractivity contribution in [3.8, 4) is 0 Å². The van der Waals surface area contributed by atoms with Crippen molar-refractivity contribution >= 4 is 39.1 Å². The molecule has 94 valence electrons. The van der Waals surface area contributed by atoms with Crippen molar-refractivity contribution in [3.05, 3.63) is 62.3 Å². The summed E-state index contributed by atoms with van der Waals surface area (Å²) >= 11 is 15.6. The largest absolute Gasteiger partial charge is 0.308 e. The van der Waals surface area contributed by atoms with Gasteiger partial charge in [-0.3, -0.25) is 4.98 Å². The first-order valence-electron chi connectivity index (χ1n) is 5.35. The molecule has 0 aliphatic rings. The van der Waals surface area contributed by atoms with Crippen molar-refractivity contribution in [1.82, 2.24) is 10.3 Å². The van der Waals surface area contributed by atoms with Crippen molar-refractivity contribution in [2.75, 3.05) is 7.05 Å². The van der Waals surface area contributed by atoms with E-state index < -0.39 is 0 Å². The highest BCUT2D eigenvalue weighted by atomic mass is 79.9. The molecule has 0 bridgehead atoms. The van der Waals surface area contributed by atoms with Gasteiger partial charge in [0.15, 0.2) is 0 Å². The molecule has 1 heterocycles. The average Bonchev–Trinajstić information content (AvgIpc) is 2.37. The van der Waals surface area contributed by atoms with Crippen LogP contribution in [0.3, 0.4) is 0 Å². The van der Waals surface area contributed by atoms with Crippen molar-refractivity contribution < 1.29 is 0 Å². The van der Waals surface area contributed by atoms with E-state index in [-0.39, 0.29) is 6.04 Å². The monoisotopic (exact) mass is 344 g/mol. The summed E-state index contributed by atoms with van der Waals surface area (Å²) in [5.41, 5.74) is 1.81. The van der Waals surface area contributed by atoms with E-state index in [4.69, 9.17) is 23.2 Å². The maximum Gasteiger partial charge on any atom is 0.0763 e. The summed E-state index contributed by atoms with van der Waals surface area (Å²) < 4.78 is 0.943. The van der Waals surface area contributed by atoms with Gasteiger partial charge in [-0.25, -0.2) is 0 Å². The van der Waals surface area contributed by atoms with Gasteiger partial charge in [0, 0.05) is 20.7 Å². The van der Waals surface area contributed by atoms with E-state index >= 15 is 0 Å². The molecule has 1 unspecified atom stereocenters. The van der Waals surface area contributed by atoms with E-state index in [1.807, 2.05) is 25.2 Å². The van der Waals surface area contributed by atoms with Gasteiger partial charge in [0.05, 0.1) is 11.7 Å². The summed E-state index contributed by atoms with van der Waals surface area (Å²) in [5, 5.41) is 4.53. The summed E-state index contributed by atoms with van der Waals surface area (Å²) in [6, 6.07) is 9.24. The second-order valence-corrected chi connectivity index (χ2v) is 5.55. The van der Waals surface area contributed by atoms with Crippen LogP contribution in [-0.4, -0.2) is 12.0 Å². The zero-order valence-electron chi connectivity index (χ0n) is 9.62. The first-order chi connectivity index (χ1) is 8.61. The summed E-state index contributed by atoms with van der Waals surface area (Å²) in [6.45, 7) is 0. The lowest BCUT2D eigenvalue weighted by Gasteiger charge is -2.17. The van der Waals surface area contributed by atoms with E-state index in [0.717, 1.165) is 15.7 Å². The van der Waals surface area contributed by atoms with Crippen LogP contribution in [0.1, 0.15) is 17.3 Å². The fourth-order valence-corrected chi connectivity index (χ4v) is 2.40. The van der Waals surface area contributed by atoms with E-state index in [2.05, 4.69) is 26.2 Å². The van der Waals surface area contributed by atoms with E-state index in [1.54, 1.807) is 18.3 Å². The maximum atomic E-state index is 6.22. The Morgan fingerprint density at radius 1 is 1.22 bits per heavy atom. The third kappa shape index (κ3) is 3.04. The number of aromatic nitrogens is 1. The molecule has 1 N–H and O–H groups in total. The fraction of sp³-hybridized carbons (Fsp3) is 0.154. The number of rotatable bonds is 3. The molecule has 0 radical (unpaired) electrons. The number of halogens is 3. The second-order valence-electron chi connectivity index (χ2n) is 3.79. The lowest BCUT2D eigenvalue weighted by atomic mass is 10.0. The van der Waals surface area contributed by atoms with Crippen LogP contribution in [0.15, 0.2) is 41.0 Å². The molecular formula is C13H11BrCl2N2. The van der Waals surface area contributed by atoms with Gasteiger partial charge in [-0.2, -0.15) is 0 Å². The topological polar surface area (TPSA) is 24.9 Å². The Bertz CT molecular complexity index is 543. The highest BCUT2D eigenvalue weighted by molar-refractivity contribution is 9.10. The van der Waals surface area contributed by atoms with Crippen LogP contribution in [0.5, 0.6) is 0 Å². The molecule has 0 aliphatic heterocycles. The van der Waals surface area contributed by atoms with Gasteiger partial charge in [0.2, 0.25) is 0 Å². The molecule has 18 heavy (non-hydrogen) atoms. The van der Waals surface area contributed by atoms with Crippen molar-refractivity contribution in [2.24, 2.45) is 0 Å². The van der Waals surface area contributed by atoms with E-state index in [0.29, 0.717) is 10.0 Å². The molecule has 1 aromatic carbocycles. The minimum Gasteiger partial charge on any atom is -0.308 e. The Labute approximate surface area is 124 Å². The first kappa shape index (κ1) is 13.8. The molecule has 0 aliphatic carbocycles. The molecule has 2 aromatic rings. The lowest BCUT2D eigenvalue weighted by molar-refractivity contribution is 0.671. The molecule has 0 saturated heterocycles. The molecule has 1 aromatic heterocycles. The Morgan fingerprint density at radius 3 is 2.61 bits per heavy atom. The molecular weight excluding hydrogens is 335 g/mol. The minimum absolute atomic E-state index is 0.0794. The van der Waals surface area contributed by atoms with Crippen molar-refractivity contribution in [1.29, 1.82) is 0 Å². The Morgan fingerprint density at radius 2 is 2.00 bits per heavy atom. The predicted octanol–water partition coefficient (Wildman–Crippen LogP) is 4.46. The lowest BCUT2D eigenvalue weighted by Crippen LogP contribution is -2.19. The van der Waals surface area contributed by atoms with Crippen LogP contribution in [0.2, 0.25) is 10.0 Å². The van der Waals surface area contributed by atoms with E-state index in [9.17, 15) is 0 Å². The van der Waals surface area contributed by atoms with Gasteiger partial charge < -0.3 is 5.32 Å². The summed E-state index contributed by atoms with van der Waals surface area (Å²) in [5.74, 6) is 0. The van der Waals surface area contributed by atoms with Crippen molar-refractivity contribution in [2.45, 2.75) is 6.04 Å². The molecule has 0 saturated carbocycles. The summed E-state index contributed by atoms with van der Waals surface area (Å²) in [4.78, 5) is 4.39. The number of hydrogen-bond acceptors (Lipinski definition) is 2. The van der Waals surface area contributed by atoms with Crippen LogP contribution in [0.4, 0.5) is 0 Å². The van der Waals surface area contributed by atoms with Gasteiger partial charge in [0.25, 0.3) is 0 Å². The van der Waals surface area contributed by atoms with Gasteiger partial charge >= 0.3 is 0 Å². The van der Waals surface area contributed by atoms with Crippen molar-refractivity contribution in [3.63, 3.8) is 0 Å². The molecule has 0 spiro atoms. The number of pyridine rings is 1. The van der Waals surface area contributed by atoms with Crippen LogP contribution < -0.4 is 5.32 Å². The third-order valence-corrected chi connectivity index (χ3v) is 3.65. The molecule has 5 heteroatoms. The number of hydrogen-bond donors (Lipinski definition) is 1. The molecule has 0 amide bonds. The van der Waals surface area contributed by atoms with Crippen LogP contribution in [-0.2, 0) is 0 Å². The number of nitrogens with one attached hydrogen (secondary N) is 1. The van der Waals surface area contributed by atoms with Gasteiger partial charge in [0.1, 0.15) is 0 Å². The molecule has 1 atom stereocenters. The Hall–Kier alpha value is -0.610. The highest BCUT2D eigenvalue weighted by Crippen LogP contribution is 2.29. The molecule has 2 rings (SSSR count). The first-order valence-corrected chi connectivity index (χ1v) is 6.90. The SMILES string of the molecule is CNC(c1ccc(Br)cn1)c1cc(Cl)ccc1Cl. The Kier molecular flexibility index (Phi) is 4.62. The molecule has 2 nitrogen and oxygen atoms in total. The third-order valence-electron chi connectivity index (χ3n) is 2.60. The maximum absolute atomic E-state index is 6.22. The minimum atomic E-state index is -0.0794. The Balaban J connectivity index is 2.44. The van der Waals surface area contributed by atoms with Crippen LogP contribution >= 0.6 is 39.1 Å².